The van der Waals surface area contributed by atoms with Gasteiger partial charge in [-0.3, -0.25) is 0 Å². The van der Waals surface area contributed by atoms with Gasteiger partial charge in [0, 0.05) is 29.6 Å². The number of hydrogen-bond acceptors (Lipinski definition) is 6. The Morgan fingerprint density at radius 3 is 2.68 bits per heavy atom. The number of nitrogens with zero attached hydrogens (tertiary/aromatic N) is 4. The first-order valence-corrected chi connectivity index (χ1v) is 9.96. The van der Waals surface area contributed by atoms with Gasteiger partial charge in [-0.05, 0) is 31.0 Å². The maximum atomic E-state index is 15.6. The van der Waals surface area contributed by atoms with E-state index >= 15 is 4.39 Å². The average Bonchev–Trinajstić information content (AvgIpc) is 3.33. The van der Waals surface area contributed by atoms with Crippen LogP contribution in [0.3, 0.4) is 0 Å². The molecule has 4 aromatic rings. The normalized spacial score (nSPS) is 14.5. The van der Waals surface area contributed by atoms with Crippen LogP contribution in [0.5, 0.6) is 0 Å². The second-order valence-electron chi connectivity index (χ2n) is 6.66. The van der Waals surface area contributed by atoms with E-state index in [1.165, 1.54) is 18.5 Å². The molecule has 3 heterocycles. The maximum absolute atomic E-state index is 15.6. The molecule has 5 rings (SSSR count). The molecule has 0 amide bonds. The van der Waals surface area contributed by atoms with Crippen molar-refractivity contribution >= 4 is 55.0 Å². The Hall–Kier alpha value is -2.58. The first kappa shape index (κ1) is 17.5. The summed E-state index contributed by atoms with van der Waals surface area (Å²) in [4.78, 5) is 14.8. The van der Waals surface area contributed by atoms with Crippen molar-refractivity contribution in [2.75, 3.05) is 23.7 Å². The molecule has 0 aliphatic carbocycles. The molecule has 0 unspecified atom stereocenters. The second kappa shape index (κ2) is 6.49. The molecule has 0 spiro atoms. The minimum Gasteiger partial charge on any atom is -0.375 e. The molecule has 1 fully saturated rings. The lowest BCUT2D eigenvalue weighted by atomic mass is 10.0. The summed E-state index contributed by atoms with van der Waals surface area (Å²) in [6.07, 6.45) is 3.50. The molecular weight excluding hydrogens is 404 g/mol. The predicted molar refractivity (Wildman–Crippen MR) is 109 cm³/mol. The summed E-state index contributed by atoms with van der Waals surface area (Å²) in [6, 6.07) is 4.41. The number of nitrogens with two attached hydrogens (primary N) is 1. The lowest BCUT2D eigenvalue weighted by molar-refractivity contribution is 0.638. The molecule has 142 valence electrons. The van der Waals surface area contributed by atoms with E-state index in [1.807, 2.05) is 0 Å². The van der Waals surface area contributed by atoms with Crippen LogP contribution in [0.15, 0.2) is 24.5 Å². The first-order chi connectivity index (χ1) is 13.5. The Balaban J connectivity index is 1.79. The molecule has 1 aliphatic heterocycles. The molecule has 5 nitrogen and oxygen atoms in total. The van der Waals surface area contributed by atoms with Crippen molar-refractivity contribution in [1.29, 1.82) is 0 Å². The molecule has 1 saturated heterocycles. The number of nitrogen functional groups attached to an aromatic ring is 1. The van der Waals surface area contributed by atoms with E-state index in [2.05, 4.69) is 19.9 Å². The van der Waals surface area contributed by atoms with Crippen LogP contribution in [-0.2, 0) is 0 Å². The van der Waals surface area contributed by atoms with Crippen molar-refractivity contribution in [1.82, 2.24) is 15.0 Å². The molecule has 0 saturated carbocycles. The van der Waals surface area contributed by atoms with Gasteiger partial charge >= 0.3 is 0 Å². The van der Waals surface area contributed by atoms with Gasteiger partial charge in [-0.1, -0.05) is 22.9 Å². The minimum absolute atomic E-state index is 0.135. The Morgan fingerprint density at radius 1 is 1.11 bits per heavy atom. The average molecular weight is 418 g/mol. The summed E-state index contributed by atoms with van der Waals surface area (Å²) in [7, 11) is 0. The first-order valence-electron chi connectivity index (χ1n) is 8.77. The predicted octanol–water partition coefficient (Wildman–Crippen LogP) is 5.02. The lowest BCUT2D eigenvalue weighted by Crippen LogP contribution is -2.19. The van der Waals surface area contributed by atoms with Crippen molar-refractivity contribution in [3.05, 3.63) is 41.2 Å². The zero-order valence-electron chi connectivity index (χ0n) is 14.5. The maximum Gasteiger partial charge on any atom is 0.181 e. The van der Waals surface area contributed by atoms with E-state index in [1.54, 1.807) is 6.07 Å². The second-order valence-corrected chi connectivity index (χ2v) is 8.10. The fraction of sp³-hybridized carbons (Fsp3) is 0.211. The molecule has 0 bridgehead atoms. The third kappa shape index (κ3) is 2.59. The number of thiazole rings is 1. The Kier molecular flexibility index (Phi) is 4.06. The van der Waals surface area contributed by atoms with E-state index in [0.29, 0.717) is 16.8 Å². The van der Waals surface area contributed by atoms with Gasteiger partial charge in [0.05, 0.1) is 15.2 Å². The Labute approximate surface area is 167 Å². The van der Waals surface area contributed by atoms with Gasteiger partial charge in [-0.2, -0.15) is 0 Å². The van der Waals surface area contributed by atoms with E-state index in [0.717, 1.165) is 37.3 Å². The molecule has 1 aliphatic rings. The summed E-state index contributed by atoms with van der Waals surface area (Å²) >= 11 is 7.52. The van der Waals surface area contributed by atoms with Gasteiger partial charge in [-0.15, -0.1) is 0 Å². The van der Waals surface area contributed by atoms with Crippen LogP contribution in [-0.4, -0.2) is 28.0 Å². The highest BCUT2D eigenvalue weighted by Gasteiger charge is 2.24. The van der Waals surface area contributed by atoms with E-state index in [9.17, 15) is 4.39 Å². The number of fused-ring (bicyclic) bond motifs is 2. The van der Waals surface area contributed by atoms with Crippen molar-refractivity contribution in [3.8, 4) is 11.1 Å². The summed E-state index contributed by atoms with van der Waals surface area (Å²) in [5.41, 5.74) is 6.74. The fourth-order valence-electron chi connectivity index (χ4n) is 3.74. The Morgan fingerprint density at radius 2 is 1.89 bits per heavy atom. The molecule has 2 N–H and O–H groups in total. The van der Waals surface area contributed by atoms with Crippen LogP contribution < -0.4 is 10.6 Å². The van der Waals surface area contributed by atoms with Crippen LogP contribution in [0.2, 0.25) is 5.02 Å². The van der Waals surface area contributed by atoms with Crippen LogP contribution in [0, 0.1) is 11.6 Å². The largest absolute Gasteiger partial charge is 0.375 e. The highest BCUT2D eigenvalue weighted by atomic mass is 35.5. The quantitative estimate of drug-likeness (QED) is 0.496. The smallest absolute Gasteiger partial charge is 0.181 e. The van der Waals surface area contributed by atoms with E-state index in [4.69, 9.17) is 17.3 Å². The van der Waals surface area contributed by atoms with Gasteiger partial charge in [0.15, 0.2) is 10.9 Å². The molecule has 2 aromatic heterocycles. The van der Waals surface area contributed by atoms with E-state index < -0.39 is 11.6 Å². The topological polar surface area (TPSA) is 67.9 Å². The van der Waals surface area contributed by atoms with Crippen LogP contribution in [0.1, 0.15) is 12.8 Å². The van der Waals surface area contributed by atoms with Crippen LogP contribution >= 0.6 is 22.9 Å². The molecule has 9 heteroatoms. The van der Waals surface area contributed by atoms with Gasteiger partial charge in [0.25, 0.3) is 0 Å². The summed E-state index contributed by atoms with van der Waals surface area (Å²) in [6.45, 7) is 1.73. The standard InChI is InChI=1S/C19H14ClF2N5S/c20-11-7-10-15(24-8-25-18(10)27-5-1-2-6-27)14(22)13(11)9-3-4-12(21)17-16(9)26-19(23)28-17/h3-4,7-8H,1-2,5-6H2,(H2,23,26). The van der Waals surface area contributed by atoms with Crippen molar-refractivity contribution in [3.63, 3.8) is 0 Å². The third-order valence-corrected chi connectivity index (χ3v) is 6.18. The SMILES string of the molecule is Nc1nc2c(-c3c(Cl)cc4c(N5CCCC5)ncnc4c3F)ccc(F)c2s1. The summed E-state index contributed by atoms with van der Waals surface area (Å²) in [5, 5.41) is 0.962. The van der Waals surface area contributed by atoms with Crippen molar-refractivity contribution in [2.24, 2.45) is 0 Å². The van der Waals surface area contributed by atoms with Gasteiger partial charge in [0.2, 0.25) is 0 Å². The number of hydrogen-bond donors (Lipinski definition) is 1. The van der Waals surface area contributed by atoms with Gasteiger partial charge in [0.1, 0.15) is 23.5 Å². The van der Waals surface area contributed by atoms with Crippen molar-refractivity contribution < 1.29 is 8.78 Å². The third-order valence-electron chi connectivity index (χ3n) is 4.99. The molecule has 2 aromatic carbocycles. The van der Waals surface area contributed by atoms with E-state index in [-0.39, 0.29) is 31.5 Å². The molecule has 0 atom stereocenters. The van der Waals surface area contributed by atoms with Crippen LogP contribution in [0.4, 0.5) is 19.7 Å². The van der Waals surface area contributed by atoms with Crippen molar-refractivity contribution in [2.45, 2.75) is 12.8 Å². The monoisotopic (exact) mass is 417 g/mol. The number of aromatic nitrogens is 3. The zero-order valence-corrected chi connectivity index (χ0v) is 16.1. The Bertz CT molecular complexity index is 1240. The van der Waals surface area contributed by atoms with Crippen LogP contribution in [0.25, 0.3) is 32.2 Å². The molecular formula is C19H14ClF2N5S. The van der Waals surface area contributed by atoms with Gasteiger partial charge < -0.3 is 10.6 Å². The molecule has 28 heavy (non-hydrogen) atoms. The number of benzene rings is 2. The van der Waals surface area contributed by atoms with Gasteiger partial charge in [-0.25, -0.2) is 23.7 Å². The fourth-order valence-corrected chi connectivity index (χ4v) is 4.80. The number of halogens is 3. The molecule has 0 radical (unpaired) electrons. The highest BCUT2D eigenvalue weighted by Crippen LogP contribution is 2.42. The number of anilines is 2. The highest BCUT2D eigenvalue weighted by molar-refractivity contribution is 7.22. The minimum atomic E-state index is -0.579. The zero-order chi connectivity index (χ0) is 19.4. The summed E-state index contributed by atoms with van der Waals surface area (Å²) < 4.78 is 30.0. The number of rotatable bonds is 2. The lowest BCUT2D eigenvalue weighted by Gasteiger charge is -2.19. The summed E-state index contributed by atoms with van der Waals surface area (Å²) in [5.74, 6) is -0.356.